The van der Waals surface area contributed by atoms with Crippen LogP contribution < -0.4 is 15.5 Å². The van der Waals surface area contributed by atoms with Crippen LogP contribution >= 0.6 is 0 Å². The van der Waals surface area contributed by atoms with Gasteiger partial charge in [-0.25, -0.2) is 19.3 Å². The molecular formula is C29H34F3N9O5. The largest absolute Gasteiger partial charge is 0.453 e. The number of pyridine rings is 1. The summed E-state index contributed by atoms with van der Waals surface area (Å²) in [6.07, 6.45) is -1.92. The molecule has 3 amide bonds. The molecule has 5 heterocycles. The predicted molar refractivity (Wildman–Crippen MR) is 160 cm³/mol. The van der Waals surface area contributed by atoms with E-state index in [1.54, 1.807) is 11.1 Å². The summed E-state index contributed by atoms with van der Waals surface area (Å²) in [6.45, 7) is 9.17. The summed E-state index contributed by atoms with van der Waals surface area (Å²) in [4.78, 5) is 49.9. The lowest BCUT2D eigenvalue weighted by Gasteiger charge is -2.34. The Labute approximate surface area is 262 Å². The van der Waals surface area contributed by atoms with Crippen LogP contribution in [0.4, 0.5) is 29.6 Å². The van der Waals surface area contributed by atoms with E-state index in [1.807, 2.05) is 17.9 Å². The van der Waals surface area contributed by atoms with Crippen molar-refractivity contribution in [3.05, 3.63) is 48.3 Å². The number of nitrogens with one attached hydrogen (secondary N) is 2. The minimum absolute atomic E-state index is 0.102. The molecule has 2 fully saturated rings. The number of hydrogen-bond donors (Lipinski definition) is 2. The molecule has 2 aliphatic rings. The second-order valence-corrected chi connectivity index (χ2v) is 10.9. The third kappa shape index (κ3) is 7.37. The van der Waals surface area contributed by atoms with Gasteiger partial charge in [-0.2, -0.15) is 13.2 Å². The van der Waals surface area contributed by atoms with E-state index in [-0.39, 0.29) is 35.7 Å². The van der Waals surface area contributed by atoms with Crippen LogP contribution in [0.25, 0.3) is 16.9 Å². The summed E-state index contributed by atoms with van der Waals surface area (Å²) < 4.78 is 54.5. The quantitative estimate of drug-likeness (QED) is 0.350. The zero-order chi connectivity index (χ0) is 33.0. The Morgan fingerprint density at radius 3 is 2.61 bits per heavy atom. The number of methoxy groups -OCH3 is 1. The summed E-state index contributed by atoms with van der Waals surface area (Å²) in [5.74, 6) is -0.670. The topological polar surface area (TPSA) is 147 Å². The third-order valence-corrected chi connectivity index (χ3v) is 7.74. The average Bonchev–Trinajstić information content (AvgIpc) is 3.45. The highest BCUT2D eigenvalue weighted by Gasteiger charge is 2.36. The van der Waals surface area contributed by atoms with Crippen LogP contribution in [0.1, 0.15) is 18.1 Å². The van der Waals surface area contributed by atoms with Crippen molar-refractivity contribution >= 4 is 35.1 Å². The van der Waals surface area contributed by atoms with Gasteiger partial charge in [0.2, 0.25) is 11.8 Å². The highest BCUT2D eigenvalue weighted by molar-refractivity contribution is 5.90. The normalized spacial score (nSPS) is 17.5. The zero-order valence-corrected chi connectivity index (χ0v) is 25.3. The van der Waals surface area contributed by atoms with Crippen LogP contribution in [0.3, 0.4) is 0 Å². The summed E-state index contributed by atoms with van der Waals surface area (Å²) >= 11 is 0. The van der Waals surface area contributed by atoms with Gasteiger partial charge in [0.15, 0.2) is 11.6 Å². The molecule has 2 aliphatic heterocycles. The van der Waals surface area contributed by atoms with E-state index in [0.717, 1.165) is 31.0 Å². The number of carbonyl (C=O) groups excluding carboxylic acids is 3. The van der Waals surface area contributed by atoms with Gasteiger partial charge in [0.25, 0.3) is 0 Å². The van der Waals surface area contributed by atoms with E-state index >= 15 is 0 Å². The van der Waals surface area contributed by atoms with Crippen LogP contribution in [0, 0.1) is 0 Å². The van der Waals surface area contributed by atoms with E-state index in [2.05, 4.69) is 41.9 Å². The molecule has 3 aromatic heterocycles. The number of alkyl halides is 3. The summed E-state index contributed by atoms with van der Waals surface area (Å²) in [5, 5.41) is 9.13. The standard InChI is InChI=1S/C29H34F3N9O5/c1-4-24(42)34-14-25(43)39-7-5-38(6-8-39)15-19-11-22-27(40-9-10-46-17-18(40)2)36-26(37-41(22)16-19)20-13-33-23(35-28(44)45-3)12-21(20)29(30,31)32/h4,11-13,16,18H,1,5-10,14-15,17H2,2-3H3,(H,34,42)(H,33,35,44)/t18-/m0/s1. The number of ether oxygens (including phenoxy) is 2. The lowest BCUT2D eigenvalue weighted by Crippen LogP contribution is -2.50. The number of morpholine rings is 1. The van der Waals surface area contributed by atoms with Gasteiger partial charge in [0.05, 0.1) is 44.0 Å². The number of rotatable bonds is 8. The molecule has 246 valence electrons. The first-order chi connectivity index (χ1) is 22.0. The number of carbonyl (C=O) groups is 3. The van der Waals surface area contributed by atoms with Crippen LogP contribution in [-0.2, 0) is 31.8 Å². The molecule has 14 nitrogen and oxygen atoms in total. The second-order valence-electron chi connectivity index (χ2n) is 10.9. The highest BCUT2D eigenvalue weighted by Crippen LogP contribution is 2.38. The maximum atomic E-state index is 14.3. The van der Waals surface area contributed by atoms with Gasteiger partial charge in [-0.3, -0.25) is 19.8 Å². The molecule has 2 saturated heterocycles. The number of anilines is 2. The molecule has 0 radical (unpaired) electrons. The van der Waals surface area contributed by atoms with Gasteiger partial charge in [-0.15, -0.1) is 5.10 Å². The SMILES string of the molecule is C=CC(=O)NCC(=O)N1CCN(Cc2cc3c(N4CCOC[C@@H]4C)nc(-c4cnc(NC(=O)OC)cc4C(F)(F)F)nn3c2)CC1. The maximum absolute atomic E-state index is 14.3. The van der Waals surface area contributed by atoms with Crippen molar-refractivity contribution in [3.8, 4) is 11.4 Å². The van der Waals surface area contributed by atoms with Gasteiger partial charge >= 0.3 is 12.3 Å². The maximum Gasteiger partial charge on any atom is 0.417 e. The van der Waals surface area contributed by atoms with Crippen molar-refractivity contribution in [1.29, 1.82) is 0 Å². The molecule has 0 bridgehead atoms. The molecule has 5 rings (SSSR count). The number of aromatic nitrogens is 4. The van der Waals surface area contributed by atoms with Crippen molar-refractivity contribution in [1.82, 2.24) is 34.7 Å². The monoisotopic (exact) mass is 645 g/mol. The lowest BCUT2D eigenvalue weighted by atomic mass is 10.1. The molecule has 1 atom stereocenters. The zero-order valence-electron chi connectivity index (χ0n) is 25.3. The molecule has 0 saturated carbocycles. The second kappa shape index (κ2) is 13.7. The highest BCUT2D eigenvalue weighted by atomic mass is 19.4. The van der Waals surface area contributed by atoms with Gasteiger partial charge < -0.3 is 24.6 Å². The Morgan fingerprint density at radius 2 is 1.93 bits per heavy atom. The Morgan fingerprint density at radius 1 is 1.17 bits per heavy atom. The number of fused-ring (bicyclic) bond motifs is 1. The first-order valence-corrected chi connectivity index (χ1v) is 14.5. The van der Waals surface area contributed by atoms with Crippen molar-refractivity contribution in [2.45, 2.75) is 25.7 Å². The lowest BCUT2D eigenvalue weighted by molar-refractivity contribution is -0.137. The van der Waals surface area contributed by atoms with Crippen LogP contribution in [0.2, 0.25) is 0 Å². The Hall–Kier alpha value is -4.77. The van der Waals surface area contributed by atoms with Gasteiger partial charge in [-0.05, 0) is 30.7 Å². The van der Waals surface area contributed by atoms with Crippen molar-refractivity contribution in [2.75, 3.05) is 69.8 Å². The molecule has 3 aromatic rings. The molecule has 17 heteroatoms. The summed E-state index contributed by atoms with van der Waals surface area (Å²) in [6, 6.07) is 2.53. The fourth-order valence-electron chi connectivity index (χ4n) is 5.34. The third-order valence-electron chi connectivity index (χ3n) is 7.74. The Bertz CT molecular complexity index is 1620. The average molecular weight is 646 g/mol. The van der Waals surface area contributed by atoms with Gasteiger partial charge in [0, 0.05) is 51.7 Å². The fraction of sp³-hybridized carbons (Fsp3) is 0.448. The van der Waals surface area contributed by atoms with Crippen LogP contribution in [-0.4, -0.2) is 113 Å². The molecule has 0 spiro atoms. The molecule has 2 N–H and O–H groups in total. The smallest absolute Gasteiger partial charge is 0.417 e. The van der Waals surface area contributed by atoms with Gasteiger partial charge in [-0.1, -0.05) is 6.58 Å². The predicted octanol–water partition coefficient (Wildman–Crippen LogP) is 2.16. The number of amides is 3. The number of halogens is 3. The fourth-order valence-corrected chi connectivity index (χ4v) is 5.34. The number of nitrogens with zero attached hydrogens (tertiary/aromatic N) is 7. The first kappa shape index (κ1) is 32.6. The molecule has 0 aliphatic carbocycles. The van der Waals surface area contributed by atoms with E-state index in [9.17, 15) is 27.6 Å². The first-order valence-electron chi connectivity index (χ1n) is 14.5. The van der Waals surface area contributed by atoms with Crippen LogP contribution in [0.5, 0.6) is 0 Å². The summed E-state index contributed by atoms with van der Waals surface area (Å²) in [7, 11) is 1.09. The number of piperazine rings is 1. The molecular weight excluding hydrogens is 611 g/mol. The van der Waals surface area contributed by atoms with Crippen molar-refractivity contribution < 1.29 is 37.0 Å². The van der Waals surface area contributed by atoms with Gasteiger partial charge in [0.1, 0.15) is 11.3 Å². The van der Waals surface area contributed by atoms with Crippen LogP contribution in [0.15, 0.2) is 37.2 Å². The molecule has 46 heavy (non-hydrogen) atoms. The minimum Gasteiger partial charge on any atom is -0.453 e. The van der Waals surface area contributed by atoms with E-state index < -0.39 is 23.7 Å². The molecule has 0 aromatic carbocycles. The minimum atomic E-state index is -4.81. The van der Waals surface area contributed by atoms with Crippen molar-refractivity contribution in [2.24, 2.45) is 0 Å². The van der Waals surface area contributed by atoms with Crippen molar-refractivity contribution in [3.63, 3.8) is 0 Å². The number of hydrogen-bond acceptors (Lipinski definition) is 10. The summed E-state index contributed by atoms with van der Waals surface area (Å²) in [5.41, 5.74) is 0.0496. The van der Waals surface area contributed by atoms with E-state index in [4.69, 9.17) is 4.74 Å². The van der Waals surface area contributed by atoms with E-state index in [0.29, 0.717) is 63.8 Å². The van der Waals surface area contributed by atoms with E-state index in [1.165, 1.54) is 4.52 Å². The Kier molecular flexibility index (Phi) is 9.71. The Balaban J connectivity index is 1.44. The molecule has 0 unspecified atom stereocenters.